The van der Waals surface area contributed by atoms with E-state index in [-0.39, 0.29) is 54.3 Å². The van der Waals surface area contributed by atoms with E-state index in [1.165, 1.54) is 12.3 Å². The molecule has 3 heterocycles. The maximum atomic E-state index is 14.8. The van der Waals surface area contributed by atoms with E-state index < -0.39 is 13.7 Å². The van der Waals surface area contributed by atoms with Crippen molar-refractivity contribution in [2.75, 3.05) is 50.7 Å². The van der Waals surface area contributed by atoms with Crippen LogP contribution in [0.15, 0.2) is 42.5 Å². The molecule has 1 unspecified atom stereocenters. The highest BCUT2D eigenvalue weighted by molar-refractivity contribution is 6.91. The number of methoxy groups -OCH3 is 2. The van der Waals surface area contributed by atoms with Gasteiger partial charge in [-0.3, -0.25) is 14.4 Å². The zero-order valence-corrected chi connectivity index (χ0v) is 28.8. The molecule has 0 aliphatic carbocycles. The van der Waals surface area contributed by atoms with E-state index in [0.717, 1.165) is 36.4 Å². The maximum absolute atomic E-state index is 14.8. The van der Waals surface area contributed by atoms with Crippen molar-refractivity contribution in [2.45, 2.75) is 75.8 Å². The highest BCUT2D eigenvalue weighted by atomic mass is 28.3. The Balaban J connectivity index is 1.52. The number of piperidine rings is 1. The van der Waals surface area contributed by atoms with Gasteiger partial charge in [-0.25, -0.2) is 0 Å². The second kappa shape index (κ2) is 14.2. The van der Waals surface area contributed by atoms with Crippen molar-refractivity contribution < 1.29 is 33.7 Å². The van der Waals surface area contributed by atoms with Crippen molar-refractivity contribution in [1.82, 2.24) is 5.32 Å². The second-order valence-electron chi connectivity index (χ2n) is 13.4. The average Bonchev–Trinajstić information content (AvgIpc) is 3.49. The highest BCUT2D eigenvalue weighted by Crippen LogP contribution is 2.60. The number of amides is 2. The van der Waals surface area contributed by atoms with Gasteiger partial charge >= 0.3 is 5.97 Å². The number of rotatable bonds is 12. The fourth-order valence-corrected chi connectivity index (χ4v) is 12.0. The number of aliphatic hydroxyl groups is 1. The molecular formula is C35H49N3O7Si. The fourth-order valence-electron chi connectivity index (χ4n) is 7.97. The number of ether oxygens (including phenoxy) is 3. The summed E-state index contributed by atoms with van der Waals surface area (Å²) >= 11 is 0. The average molecular weight is 652 g/mol. The van der Waals surface area contributed by atoms with Gasteiger partial charge in [0, 0.05) is 43.3 Å². The number of carbonyl (C=O) groups is 3. The molecule has 10 nitrogen and oxygen atoms in total. The Morgan fingerprint density at radius 2 is 1.91 bits per heavy atom. The lowest BCUT2D eigenvalue weighted by Crippen LogP contribution is -2.52. The van der Waals surface area contributed by atoms with Crippen molar-refractivity contribution in [1.29, 1.82) is 0 Å². The first-order chi connectivity index (χ1) is 22.1. The van der Waals surface area contributed by atoms with Gasteiger partial charge in [-0.05, 0) is 74.5 Å². The van der Waals surface area contributed by atoms with E-state index in [9.17, 15) is 19.5 Å². The van der Waals surface area contributed by atoms with Crippen LogP contribution >= 0.6 is 0 Å². The molecule has 250 valence electrons. The van der Waals surface area contributed by atoms with Gasteiger partial charge in [-0.1, -0.05) is 37.3 Å². The number of nitrogens with one attached hydrogen (secondary N) is 2. The Morgan fingerprint density at radius 3 is 2.57 bits per heavy atom. The third-order valence-electron chi connectivity index (χ3n) is 10.4. The number of unbranched alkanes of at least 4 members (excludes halogenated alkanes) is 1. The summed E-state index contributed by atoms with van der Waals surface area (Å²) in [6, 6.07) is 13.9. The molecule has 11 heteroatoms. The molecule has 0 aromatic heterocycles. The monoisotopic (exact) mass is 651 g/mol. The standard InChI is InChI=1S/C35H49N3O7Si/c1-23-32(46(4,5)27-14-12-26(43-2)13-15-27)30(17-20-39)45-35(23)28-21-25(37-33(41)24-9-8-18-36-22-24)11-16-29(28)38(34(35)42)19-7-6-10-31(40)44-3/h11-16,21,23-24,30,32,36,39H,6-10,17-20,22H2,1-5H3,(H,37,41)/t23-,24?,30+,32-,35+/m1/s1. The Morgan fingerprint density at radius 1 is 1.15 bits per heavy atom. The largest absolute Gasteiger partial charge is 0.497 e. The third-order valence-corrected chi connectivity index (χ3v) is 14.8. The summed E-state index contributed by atoms with van der Waals surface area (Å²) in [5.41, 5.74) is 0.892. The summed E-state index contributed by atoms with van der Waals surface area (Å²) in [6.07, 6.45) is 3.35. The number of fused-ring (bicyclic) bond motifs is 2. The Bertz CT molecular complexity index is 1410. The molecule has 2 fully saturated rings. The van der Waals surface area contributed by atoms with Crippen molar-refractivity contribution >= 4 is 42.4 Å². The third kappa shape index (κ3) is 6.34. The zero-order chi connectivity index (χ0) is 33.1. The number of hydrogen-bond donors (Lipinski definition) is 3. The Labute approximate surface area is 273 Å². The predicted octanol–water partition coefficient (Wildman–Crippen LogP) is 3.92. The van der Waals surface area contributed by atoms with E-state index in [4.69, 9.17) is 14.2 Å². The summed E-state index contributed by atoms with van der Waals surface area (Å²) in [5.74, 6) is 0.0285. The van der Waals surface area contributed by atoms with Crippen LogP contribution in [0.3, 0.4) is 0 Å². The van der Waals surface area contributed by atoms with Gasteiger partial charge in [-0.15, -0.1) is 0 Å². The van der Waals surface area contributed by atoms with Crippen LogP contribution in [-0.2, 0) is 29.5 Å². The quantitative estimate of drug-likeness (QED) is 0.179. The van der Waals surface area contributed by atoms with Gasteiger partial charge in [0.2, 0.25) is 5.91 Å². The van der Waals surface area contributed by atoms with Gasteiger partial charge in [0.25, 0.3) is 5.91 Å². The van der Waals surface area contributed by atoms with Crippen LogP contribution in [0.4, 0.5) is 11.4 Å². The van der Waals surface area contributed by atoms with Crippen molar-refractivity contribution in [3.8, 4) is 5.75 Å². The molecule has 1 spiro atoms. The first-order valence-electron chi connectivity index (χ1n) is 16.6. The normalized spacial score (nSPS) is 25.9. The number of hydrogen-bond acceptors (Lipinski definition) is 8. The molecule has 2 saturated heterocycles. The lowest BCUT2D eigenvalue weighted by atomic mass is 9.82. The summed E-state index contributed by atoms with van der Waals surface area (Å²) in [4.78, 5) is 41.5. The Hall–Kier alpha value is -3.25. The summed E-state index contributed by atoms with van der Waals surface area (Å²) in [5, 5.41) is 17.8. The first kappa shape index (κ1) is 34.1. The molecule has 3 aliphatic heterocycles. The van der Waals surface area contributed by atoms with Gasteiger partial charge in [-0.2, -0.15) is 0 Å². The zero-order valence-electron chi connectivity index (χ0n) is 27.8. The molecule has 0 radical (unpaired) electrons. The number of nitrogens with zero attached hydrogens (tertiary/aromatic N) is 1. The summed E-state index contributed by atoms with van der Waals surface area (Å²) in [7, 11) is 0.716. The van der Waals surface area contributed by atoms with Crippen LogP contribution in [0.1, 0.15) is 51.0 Å². The minimum atomic E-state index is -2.31. The number of aliphatic hydroxyl groups excluding tert-OH is 1. The molecule has 46 heavy (non-hydrogen) atoms. The SMILES string of the molecule is COC(=O)CCCCN1C(=O)[C@@]2(O[C@@H](CCO)[C@H]([Si](C)(C)c3ccc(OC)cc3)[C@H]2C)c2cc(NC(=O)C3CCCNC3)ccc21. The van der Waals surface area contributed by atoms with Crippen LogP contribution < -0.4 is 25.5 Å². The molecule has 2 aromatic carbocycles. The summed E-state index contributed by atoms with van der Waals surface area (Å²) in [6.45, 7) is 8.67. The van der Waals surface area contributed by atoms with Crippen LogP contribution in [0.2, 0.25) is 18.6 Å². The molecule has 5 atom stereocenters. The van der Waals surface area contributed by atoms with Crippen LogP contribution in [-0.4, -0.2) is 77.5 Å². The second-order valence-corrected chi connectivity index (χ2v) is 18.1. The number of carbonyl (C=O) groups excluding carboxylic acids is 3. The van der Waals surface area contributed by atoms with Gasteiger partial charge in [0.05, 0.1) is 40.0 Å². The molecule has 2 amide bonds. The highest BCUT2D eigenvalue weighted by Gasteiger charge is 2.66. The van der Waals surface area contributed by atoms with Crippen LogP contribution in [0, 0.1) is 11.8 Å². The maximum Gasteiger partial charge on any atom is 0.305 e. The topological polar surface area (TPSA) is 126 Å². The molecule has 0 bridgehead atoms. The van der Waals surface area contributed by atoms with Crippen LogP contribution in [0.25, 0.3) is 0 Å². The van der Waals surface area contributed by atoms with E-state index in [1.54, 1.807) is 12.0 Å². The van der Waals surface area contributed by atoms with E-state index >= 15 is 0 Å². The van der Waals surface area contributed by atoms with Crippen molar-refractivity contribution in [2.24, 2.45) is 11.8 Å². The smallest absolute Gasteiger partial charge is 0.305 e. The van der Waals surface area contributed by atoms with Crippen molar-refractivity contribution in [3.63, 3.8) is 0 Å². The number of anilines is 2. The first-order valence-corrected chi connectivity index (χ1v) is 19.6. The van der Waals surface area contributed by atoms with Gasteiger partial charge in [0.15, 0.2) is 5.60 Å². The minimum absolute atomic E-state index is 0.00989. The van der Waals surface area contributed by atoms with E-state index in [1.807, 2.05) is 30.3 Å². The predicted molar refractivity (Wildman–Crippen MR) is 180 cm³/mol. The molecule has 3 aliphatic rings. The molecule has 5 rings (SSSR count). The number of esters is 1. The number of benzene rings is 2. The van der Waals surface area contributed by atoms with E-state index in [0.29, 0.717) is 38.0 Å². The van der Waals surface area contributed by atoms with Gasteiger partial charge in [0.1, 0.15) is 5.75 Å². The lowest BCUT2D eigenvalue weighted by molar-refractivity contribution is -0.146. The Kier molecular flexibility index (Phi) is 10.6. The lowest BCUT2D eigenvalue weighted by Gasteiger charge is -2.37. The molecule has 0 saturated carbocycles. The van der Waals surface area contributed by atoms with E-state index in [2.05, 4.69) is 42.8 Å². The minimum Gasteiger partial charge on any atom is -0.497 e. The molecular weight excluding hydrogens is 602 g/mol. The summed E-state index contributed by atoms with van der Waals surface area (Å²) < 4.78 is 17.2. The van der Waals surface area contributed by atoms with Crippen molar-refractivity contribution in [3.05, 3.63) is 48.0 Å². The van der Waals surface area contributed by atoms with Gasteiger partial charge < -0.3 is 34.9 Å². The van der Waals surface area contributed by atoms with Crippen LogP contribution in [0.5, 0.6) is 5.75 Å². The fraction of sp³-hybridized carbons (Fsp3) is 0.571. The molecule has 2 aromatic rings. The molecule has 3 N–H and O–H groups in total.